The van der Waals surface area contributed by atoms with Gasteiger partial charge < -0.3 is 14.0 Å². The van der Waals surface area contributed by atoms with Gasteiger partial charge in [0.1, 0.15) is 24.3 Å². The van der Waals surface area contributed by atoms with Gasteiger partial charge in [0, 0.05) is 11.6 Å². The minimum Gasteiger partial charge on any atom is -0.490 e. The number of para-hydroxylation sites is 3. The second-order valence-electron chi connectivity index (χ2n) is 6.76. The highest BCUT2D eigenvalue weighted by molar-refractivity contribution is 6.39. The zero-order valence-corrected chi connectivity index (χ0v) is 17.0. The Labute approximate surface area is 181 Å². The molecule has 3 aromatic carbocycles. The number of rotatable bonds is 7. The molecule has 0 aliphatic heterocycles. The van der Waals surface area contributed by atoms with Gasteiger partial charge >= 0.3 is 7.32 Å². The van der Waals surface area contributed by atoms with Crippen LogP contribution in [0.3, 0.4) is 0 Å². The lowest BCUT2D eigenvalue weighted by atomic mass is 10.0. The molecule has 0 aliphatic rings. The molecule has 0 radical (unpaired) electrons. The molecule has 0 atom stereocenters. The lowest BCUT2D eigenvalue weighted by molar-refractivity contribution is -0.673. The zero-order valence-electron chi connectivity index (χ0n) is 17.0. The molecule has 5 nitrogen and oxygen atoms in total. The molecule has 0 amide bonds. The van der Waals surface area contributed by atoms with Gasteiger partial charge in [-0.15, -0.1) is 0 Å². The molecule has 0 spiro atoms. The third-order valence-corrected chi connectivity index (χ3v) is 4.64. The quantitative estimate of drug-likeness (QED) is 0.333. The van der Waals surface area contributed by atoms with Crippen LogP contribution in [-0.4, -0.2) is 7.32 Å². The fourth-order valence-electron chi connectivity index (χ4n) is 3.16. The Balaban J connectivity index is 1.69. The summed E-state index contributed by atoms with van der Waals surface area (Å²) in [6, 6.07) is 32.3. The summed E-state index contributed by atoms with van der Waals surface area (Å²) in [4.78, 5) is 0. The lowest BCUT2D eigenvalue weighted by Gasteiger charge is -2.18. The lowest BCUT2D eigenvalue weighted by Crippen LogP contribution is -2.37. The first-order valence-corrected chi connectivity index (χ1v) is 9.83. The zero-order chi connectivity index (χ0) is 21.5. The van der Waals surface area contributed by atoms with E-state index in [0.29, 0.717) is 22.9 Å². The molecule has 0 bridgehead atoms. The second-order valence-corrected chi connectivity index (χ2v) is 6.76. The van der Waals surface area contributed by atoms with E-state index in [1.54, 1.807) is 4.57 Å². The first-order valence-electron chi connectivity index (χ1n) is 9.83. The molecule has 1 heterocycles. The summed E-state index contributed by atoms with van der Waals surface area (Å²) in [6.07, 6.45) is 1.84. The van der Waals surface area contributed by atoms with Gasteiger partial charge in [0.25, 0.3) is 5.69 Å². The van der Waals surface area contributed by atoms with Crippen molar-refractivity contribution >= 4 is 7.32 Å². The van der Waals surface area contributed by atoms with E-state index in [1.807, 2.05) is 110 Å². The molecule has 4 aromatic rings. The molecule has 0 N–H and O–H groups in total. The van der Waals surface area contributed by atoms with Crippen molar-refractivity contribution in [3.05, 3.63) is 109 Å². The fraction of sp³-hybridized carbons (Fsp3) is 0.0400. The largest absolute Gasteiger partial charge is 0.864 e. The highest BCUT2D eigenvalue weighted by atomic mass is 16.7. The Bertz CT molecular complexity index is 1150. The van der Waals surface area contributed by atoms with Crippen molar-refractivity contribution < 1.29 is 18.5 Å². The molecule has 0 aliphatic carbocycles. The van der Waals surface area contributed by atoms with Crippen molar-refractivity contribution in [2.45, 2.75) is 0 Å². The van der Waals surface area contributed by atoms with Crippen LogP contribution in [0.1, 0.15) is 5.69 Å². The number of aryl methyl sites for hydroxylation is 1. The first-order chi connectivity index (χ1) is 15.2. The minimum atomic E-state index is -1.03. The summed E-state index contributed by atoms with van der Waals surface area (Å²) in [7, 11) is 0.805. The number of aromatic nitrogens is 1. The molecule has 0 saturated heterocycles. The highest BCUT2D eigenvalue weighted by Crippen LogP contribution is 2.31. The van der Waals surface area contributed by atoms with Crippen LogP contribution in [0.15, 0.2) is 103 Å². The van der Waals surface area contributed by atoms with Gasteiger partial charge in [0.05, 0.1) is 5.56 Å². The number of pyridine rings is 1. The molecule has 1 aromatic heterocycles. The average Bonchev–Trinajstić information content (AvgIpc) is 2.80. The van der Waals surface area contributed by atoms with Gasteiger partial charge in [-0.1, -0.05) is 54.6 Å². The van der Waals surface area contributed by atoms with Crippen molar-refractivity contribution in [3.8, 4) is 34.4 Å². The van der Waals surface area contributed by atoms with E-state index in [0.717, 1.165) is 11.1 Å². The maximum atomic E-state index is 9.66. The topological polar surface area (TPSA) is 55.4 Å². The van der Waals surface area contributed by atoms with Gasteiger partial charge in [-0.05, 0) is 36.4 Å². The van der Waals surface area contributed by atoms with E-state index in [-0.39, 0.29) is 0 Å². The molecule has 6 heteroatoms. The van der Waals surface area contributed by atoms with Crippen LogP contribution in [0.2, 0.25) is 0 Å². The van der Waals surface area contributed by atoms with E-state index in [1.165, 1.54) is 0 Å². The molecular formula is C25H20BN2O3+. The summed E-state index contributed by atoms with van der Waals surface area (Å²) >= 11 is 0. The number of hydrogen-bond donors (Lipinski definition) is 0. The number of hydrogen-bond acceptors (Lipinski definition) is 4. The maximum absolute atomic E-state index is 9.66. The van der Waals surface area contributed by atoms with Crippen LogP contribution in [0.5, 0.6) is 17.2 Å². The standard InChI is InChI=1S/C25H20BN2O3/c1-28-18-10-16-22(24(28)19-27)23-15-8-9-17-25(23)31-26(29-20-11-4-2-5-12-20)30-21-13-6-3-7-14-21/h2-18H,1H3/q+1. The van der Waals surface area contributed by atoms with Crippen LogP contribution in [0.4, 0.5) is 0 Å². The summed E-state index contributed by atoms with van der Waals surface area (Å²) in [6.45, 7) is 0. The predicted molar refractivity (Wildman–Crippen MR) is 118 cm³/mol. The first kappa shape index (κ1) is 20.1. The van der Waals surface area contributed by atoms with Crippen molar-refractivity contribution in [1.82, 2.24) is 0 Å². The van der Waals surface area contributed by atoms with Crippen molar-refractivity contribution in [2.75, 3.05) is 0 Å². The Morgan fingerprint density at radius 1 is 0.677 bits per heavy atom. The van der Waals surface area contributed by atoms with Crippen LogP contribution >= 0.6 is 0 Å². The van der Waals surface area contributed by atoms with Gasteiger partial charge in [-0.2, -0.15) is 9.83 Å². The van der Waals surface area contributed by atoms with E-state index >= 15 is 0 Å². The Morgan fingerprint density at radius 3 is 1.84 bits per heavy atom. The van der Waals surface area contributed by atoms with Gasteiger partial charge in [-0.25, -0.2) is 0 Å². The summed E-state index contributed by atoms with van der Waals surface area (Å²) in [5.41, 5.74) is 2.07. The Morgan fingerprint density at radius 2 is 1.23 bits per heavy atom. The molecular weight excluding hydrogens is 387 g/mol. The number of nitriles is 1. The summed E-state index contributed by atoms with van der Waals surface area (Å²) < 4.78 is 19.9. The molecule has 4 rings (SSSR count). The second kappa shape index (κ2) is 9.51. The van der Waals surface area contributed by atoms with Crippen LogP contribution in [0.25, 0.3) is 11.1 Å². The van der Waals surface area contributed by atoms with Gasteiger partial charge in [0.15, 0.2) is 12.3 Å². The monoisotopic (exact) mass is 407 g/mol. The maximum Gasteiger partial charge on any atom is 0.864 e. The summed E-state index contributed by atoms with van der Waals surface area (Å²) in [5, 5.41) is 9.66. The van der Waals surface area contributed by atoms with E-state index in [2.05, 4.69) is 6.07 Å². The molecule has 0 unspecified atom stereocenters. The van der Waals surface area contributed by atoms with Crippen LogP contribution in [0, 0.1) is 11.3 Å². The molecule has 31 heavy (non-hydrogen) atoms. The Hall–Kier alpha value is -4.24. The van der Waals surface area contributed by atoms with E-state index in [4.69, 9.17) is 14.0 Å². The third kappa shape index (κ3) is 4.85. The third-order valence-electron chi connectivity index (χ3n) is 4.64. The number of benzene rings is 3. The smallest absolute Gasteiger partial charge is 0.490 e. The van der Waals surface area contributed by atoms with Crippen LogP contribution in [-0.2, 0) is 7.05 Å². The van der Waals surface area contributed by atoms with Crippen molar-refractivity contribution in [2.24, 2.45) is 7.05 Å². The van der Waals surface area contributed by atoms with Gasteiger partial charge in [0.2, 0.25) is 0 Å². The fourth-order valence-corrected chi connectivity index (χ4v) is 3.16. The van der Waals surface area contributed by atoms with Crippen molar-refractivity contribution in [3.63, 3.8) is 0 Å². The summed E-state index contributed by atoms with van der Waals surface area (Å²) in [5.74, 6) is 1.77. The van der Waals surface area contributed by atoms with E-state index in [9.17, 15) is 5.26 Å². The highest BCUT2D eigenvalue weighted by Gasteiger charge is 2.32. The minimum absolute atomic E-state index is 0.531. The normalized spacial score (nSPS) is 10.1. The molecule has 0 saturated carbocycles. The predicted octanol–water partition coefficient (Wildman–Crippen LogP) is 4.57. The Kier molecular flexibility index (Phi) is 6.15. The average molecular weight is 407 g/mol. The number of nitrogens with zero attached hydrogens (tertiary/aromatic N) is 2. The SMILES string of the molecule is C[n+]1cccc(-c2ccccc2OB(Oc2ccccc2)Oc2ccccc2)c1C#N. The molecule has 0 fully saturated rings. The van der Waals surface area contributed by atoms with Crippen LogP contribution < -0.4 is 18.5 Å². The van der Waals surface area contributed by atoms with E-state index < -0.39 is 7.32 Å². The molecule has 150 valence electrons. The van der Waals surface area contributed by atoms with Crippen molar-refractivity contribution in [1.29, 1.82) is 5.26 Å². The van der Waals surface area contributed by atoms with Gasteiger partial charge in [-0.3, -0.25) is 0 Å².